The molecule has 1 N–H and O–H groups in total. The smallest absolute Gasteiger partial charge is 0.0232 e. The monoisotopic (exact) mass is 198 g/mol. The molecular weight excluding hydrogens is 172 g/mol. The molecule has 0 bridgehead atoms. The van der Waals surface area contributed by atoms with Crippen molar-refractivity contribution in [3.63, 3.8) is 0 Å². The molecule has 1 aliphatic rings. The Morgan fingerprint density at radius 1 is 1.21 bits per heavy atom. The Morgan fingerprint density at radius 3 is 2.29 bits per heavy atom. The lowest BCUT2D eigenvalue weighted by atomic mass is 9.93. The number of likely N-dealkylation sites (N-methyl/N-ethyl adjacent to an activating group) is 1. The molecule has 1 fully saturated rings. The lowest BCUT2D eigenvalue weighted by Gasteiger charge is -2.20. The Kier molecular flexibility index (Phi) is 4.39. The zero-order valence-corrected chi connectivity index (χ0v) is 10.4. The van der Waals surface area contributed by atoms with Gasteiger partial charge < -0.3 is 5.32 Å². The van der Waals surface area contributed by atoms with Gasteiger partial charge in [-0.05, 0) is 39.2 Å². The largest absolute Gasteiger partial charge is 0.315 e. The van der Waals surface area contributed by atoms with Crippen LogP contribution in [0.3, 0.4) is 0 Å². The van der Waals surface area contributed by atoms with E-state index in [0.29, 0.717) is 12.1 Å². The zero-order valence-electron chi connectivity index (χ0n) is 10.4. The third-order valence-corrected chi connectivity index (χ3v) is 3.34. The van der Waals surface area contributed by atoms with Crippen molar-refractivity contribution >= 4 is 0 Å². The molecule has 2 atom stereocenters. The van der Waals surface area contributed by atoms with E-state index >= 15 is 0 Å². The van der Waals surface area contributed by atoms with Gasteiger partial charge in [0.15, 0.2) is 0 Å². The van der Waals surface area contributed by atoms with E-state index < -0.39 is 0 Å². The van der Waals surface area contributed by atoms with Gasteiger partial charge >= 0.3 is 0 Å². The Bertz CT molecular complexity index is 166. The van der Waals surface area contributed by atoms with E-state index in [1.54, 1.807) is 0 Å². The molecule has 0 aromatic rings. The van der Waals surface area contributed by atoms with Crippen molar-refractivity contribution in [3.05, 3.63) is 0 Å². The number of likely N-dealkylation sites (tertiary alicyclic amines) is 1. The molecule has 1 aliphatic heterocycles. The van der Waals surface area contributed by atoms with Crippen LogP contribution < -0.4 is 5.32 Å². The van der Waals surface area contributed by atoms with Gasteiger partial charge in [-0.15, -0.1) is 0 Å². The molecule has 0 saturated carbocycles. The number of rotatable bonds is 4. The van der Waals surface area contributed by atoms with E-state index in [4.69, 9.17) is 0 Å². The molecule has 84 valence electrons. The van der Waals surface area contributed by atoms with Crippen LogP contribution in [0.5, 0.6) is 0 Å². The van der Waals surface area contributed by atoms with Gasteiger partial charge in [0.2, 0.25) is 0 Å². The van der Waals surface area contributed by atoms with Gasteiger partial charge in [-0.2, -0.15) is 0 Å². The van der Waals surface area contributed by atoms with Gasteiger partial charge in [-0.25, -0.2) is 0 Å². The minimum Gasteiger partial charge on any atom is -0.315 e. The number of nitrogens with zero attached hydrogens (tertiary/aromatic N) is 1. The van der Waals surface area contributed by atoms with E-state index in [9.17, 15) is 0 Å². The highest BCUT2D eigenvalue weighted by atomic mass is 15.2. The van der Waals surface area contributed by atoms with Crippen molar-refractivity contribution in [2.45, 2.75) is 46.2 Å². The Hall–Kier alpha value is -0.0800. The number of nitrogens with one attached hydrogen (secondary N) is 1. The van der Waals surface area contributed by atoms with Gasteiger partial charge in [0.1, 0.15) is 0 Å². The van der Waals surface area contributed by atoms with Crippen LogP contribution in [0, 0.1) is 11.8 Å². The molecule has 14 heavy (non-hydrogen) atoms. The second-order valence-corrected chi connectivity index (χ2v) is 5.33. The first-order chi connectivity index (χ1) is 6.54. The van der Waals surface area contributed by atoms with E-state index in [1.165, 1.54) is 19.5 Å². The van der Waals surface area contributed by atoms with E-state index in [-0.39, 0.29) is 0 Å². The van der Waals surface area contributed by atoms with Crippen LogP contribution in [0.4, 0.5) is 0 Å². The zero-order chi connectivity index (χ0) is 10.7. The third kappa shape index (κ3) is 2.96. The number of hydrogen-bond donors (Lipinski definition) is 1. The van der Waals surface area contributed by atoms with Crippen LogP contribution in [-0.2, 0) is 0 Å². The normalized spacial score (nSPS) is 29.4. The van der Waals surface area contributed by atoms with Crippen molar-refractivity contribution < 1.29 is 0 Å². The average molecular weight is 198 g/mol. The molecule has 0 spiro atoms. The van der Waals surface area contributed by atoms with E-state index in [1.807, 2.05) is 0 Å². The number of hydrogen-bond acceptors (Lipinski definition) is 2. The van der Waals surface area contributed by atoms with Gasteiger partial charge in [0.05, 0.1) is 0 Å². The summed E-state index contributed by atoms with van der Waals surface area (Å²) in [5.41, 5.74) is 0. The SMILES string of the molecule is CN[C@H]1CN(C(C)C)C[C@@H]1CC(C)C. The molecule has 0 amide bonds. The molecule has 0 radical (unpaired) electrons. The fourth-order valence-electron chi connectivity index (χ4n) is 2.50. The summed E-state index contributed by atoms with van der Waals surface area (Å²) in [4.78, 5) is 2.59. The summed E-state index contributed by atoms with van der Waals surface area (Å²) in [7, 11) is 2.10. The van der Waals surface area contributed by atoms with Gasteiger partial charge in [-0.3, -0.25) is 4.90 Å². The van der Waals surface area contributed by atoms with Gasteiger partial charge in [-0.1, -0.05) is 13.8 Å². The minimum absolute atomic E-state index is 0.697. The maximum absolute atomic E-state index is 3.46. The Balaban J connectivity index is 2.49. The molecule has 0 aliphatic carbocycles. The molecule has 0 aromatic carbocycles. The highest BCUT2D eigenvalue weighted by molar-refractivity contribution is 4.89. The summed E-state index contributed by atoms with van der Waals surface area (Å²) >= 11 is 0. The minimum atomic E-state index is 0.697. The third-order valence-electron chi connectivity index (χ3n) is 3.34. The second kappa shape index (κ2) is 5.13. The fourth-order valence-corrected chi connectivity index (χ4v) is 2.50. The summed E-state index contributed by atoms with van der Waals surface area (Å²) in [6.07, 6.45) is 1.36. The quantitative estimate of drug-likeness (QED) is 0.743. The van der Waals surface area contributed by atoms with Crippen LogP contribution in [0.25, 0.3) is 0 Å². The standard InChI is InChI=1S/C12H26N2/c1-9(2)6-11-7-14(10(3)4)8-12(11)13-5/h9-13H,6-8H2,1-5H3/t11-,12-/m0/s1. The topological polar surface area (TPSA) is 15.3 Å². The molecule has 1 heterocycles. The molecule has 0 aromatic heterocycles. The summed E-state index contributed by atoms with van der Waals surface area (Å²) in [6, 6.07) is 1.41. The highest BCUT2D eigenvalue weighted by Crippen LogP contribution is 2.24. The summed E-state index contributed by atoms with van der Waals surface area (Å²) in [6.45, 7) is 11.7. The first kappa shape index (κ1) is 12.0. The molecule has 1 saturated heterocycles. The first-order valence-corrected chi connectivity index (χ1v) is 5.96. The van der Waals surface area contributed by atoms with Crippen molar-refractivity contribution in [2.75, 3.05) is 20.1 Å². The van der Waals surface area contributed by atoms with Crippen molar-refractivity contribution in [1.82, 2.24) is 10.2 Å². The Morgan fingerprint density at radius 2 is 1.86 bits per heavy atom. The lowest BCUT2D eigenvalue weighted by molar-refractivity contribution is 0.258. The van der Waals surface area contributed by atoms with Crippen molar-refractivity contribution in [1.29, 1.82) is 0 Å². The van der Waals surface area contributed by atoms with Crippen LogP contribution in [0.2, 0.25) is 0 Å². The molecular formula is C12H26N2. The summed E-state index contributed by atoms with van der Waals surface area (Å²) < 4.78 is 0. The van der Waals surface area contributed by atoms with Gasteiger partial charge in [0.25, 0.3) is 0 Å². The molecule has 2 heteroatoms. The molecule has 1 rings (SSSR count). The Labute approximate surface area is 89.1 Å². The van der Waals surface area contributed by atoms with Crippen molar-refractivity contribution in [3.8, 4) is 0 Å². The van der Waals surface area contributed by atoms with E-state index in [2.05, 4.69) is 45.0 Å². The van der Waals surface area contributed by atoms with Crippen LogP contribution >= 0.6 is 0 Å². The van der Waals surface area contributed by atoms with Crippen LogP contribution in [-0.4, -0.2) is 37.1 Å². The lowest BCUT2D eigenvalue weighted by Crippen LogP contribution is -2.35. The maximum atomic E-state index is 3.46. The average Bonchev–Trinajstić information content (AvgIpc) is 2.46. The second-order valence-electron chi connectivity index (χ2n) is 5.33. The van der Waals surface area contributed by atoms with Crippen molar-refractivity contribution in [2.24, 2.45) is 11.8 Å². The fraction of sp³-hybridized carbons (Fsp3) is 1.00. The predicted octanol–water partition coefficient (Wildman–Crippen LogP) is 1.96. The van der Waals surface area contributed by atoms with Crippen LogP contribution in [0.1, 0.15) is 34.1 Å². The van der Waals surface area contributed by atoms with Crippen LogP contribution in [0.15, 0.2) is 0 Å². The maximum Gasteiger partial charge on any atom is 0.0232 e. The molecule has 2 nitrogen and oxygen atoms in total. The first-order valence-electron chi connectivity index (χ1n) is 5.96. The highest BCUT2D eigenvalue weighted by Gasteiger charge is 2.32. The molecule has 0 unspecified atom stereocenters. The predicted molar refractivity (Wildman–Crippen MR) is 62.5 cm³/mol. The van der Waals surface area contributed by atoms with Gasteiger partial charge in [0, 0.05) is 25.2 Å². The summed E-state index contributed by atoms with van der Waals surface area (Å²) in [5.74, 6) is 1.67. The summed E-state index contributed by atoms with van der Waals surface area (Å²) in [5, 5.41) is 3.46. The van der Waals surface area contributed by atoms with E-state index in [0.717, 1.165) is 11.8 Å².